The van der Waals surface area contributed by atoms with Gasteiger partial charge in [0.2, 0.25) is 0 Å². The van der Waals surface area contributed by atoms with Gasteiger partial charge in [-0.3, -0.25) is 9.48 Å². The van der Waals surface area contributed by atoms with Crippen molar-refractivity contribution in [2.24, 2.45) is 0 Å². The lowest BCUT2D eigenvalue weighted by Crippen LogP contribution is -2.43. The Morgan fingerprint density at radius 3 is 2.64 bits per heavy atom. The first-order valence-corrected chi connectivity index (χ1v) is 8.38. The summed E-state index contributed by atoms with van der Waals surface area (Å²) in [4.78, 5) is 23.0. The molecule has 0 spiro atoms. The van der Waals surface area contributed by atoms with E-state index in [2.05, 4.69) is 15.7 Å². The number of carboxylic acid groups (broad SMARTS) is 1. The summed E-state index contributed by atoms with van der Waals surface area (Å²) in [5, 5.41) is 18.7. The Labute approximate surface area is 147 Å². The van der Waals surface area contributed by atoms with Crippen LogP contribution >= 0.6 is 0 Å². The number of urea groups is 1. The van der Waals surface area contributed by atoms with E-state index < -0.39 is 5.97 Å². The molecule has 0 radical (unpaired) electrons. The SMILES string of the molecule is CCn1cc(CNC(=O)NC(CCC(=O)O)Cc2ccccc2)cn1. The third-order valence-corrected chi connectivity index (χ3v) is 3.83. The van der Waals surface area contributed by atoms with E-state index in [1.807, 2.05) is 43.5 Å². The maximum Gasteiger partial charge on any atom is 0.315 e. The molecule has 2 rings (SSSR count). The molecule has 0 aliphatic rings. The highest BCUT2D eigenvalue weighted by atomic mass is 16.4. The van der Waals surface area contributed by atoms with Crippen LogP contribution in [0.2, 0.25) is 0 Å². The zero-order valence-corrected chi connectivity index (χ0v) is 14.3. The van der Waals surface area contributed by atoms with Gasteiger partial charge in [0.05, 0.1) is 6.20 Å². The number of hydrogen-bond donors (Lipinski definition) is 3. The number of aliphatic carboxylic acids is 1. The molecule has 1 aromatic heterocycles. The second kappa shape index (κ2) is 9.46. The Kier molecular flexibility index (Phi) is 7.00. The van der Waals surface area contributed by atoms with Gasteiger partial charge in [-0.2, -0.15) is 5.10 Å². The molecule has 25 heavy (non-hydrogen) atoms. The number of carbonyl (C=O) groups excluding carboxylic acids is 1. The van der Waals surface area contributed by atoms with Crippen molar-refractivity contribution < 1.29 is 14.7 Å². The van der Waals surface area contributed by atoms with Gasteiger partial charge in [-0.25, -0.2) is 4.79 Å². The molecular formula is C18H24N4O3. The Bertz CT molecular complexity index is 685. The molecule has 2 amide bonds. The fraction of sp³-hybridized carbons (Fsp3) is 0.389. The van der Waals surface area contributed by atoms with Crippen LogP contribution in [-0.4, -0.2) is 32.9 Å². The lowest BCUT2D eigenvalue weighted by molar-refractivity contribution is -0.137. The summed E-state index contributed by atoms with van der Waals surface area (Å²) in [5.41, 5.74) is 1.98. The largest absolute Gasteiger partial charge is 0.481 e. The Morgan fingerprint density at radius 1 is 1.24 bits per heavy atom. The highest BCUT2D eigenvalue weighted by Gasteiger charge is 2.14. The van der Waals surface area contributed by atoms with Gasteiger partial charge >= 0.3 is 12.0 Å². The number of aryl methyl sites for hydroxylation is 1. The predicted octanol–water partition coefficient (Wildman–Crippen LogP) is 2.18. The molecule has 3 N–H and O–H groups in total. The summed E-state index contributed by atoms with van der Waals surface area (Å²) in [6.07, 6.45) is 4.59. The second-order valence-electron chi connectivity index (χ2n) is 5.85. The van der Waals surface area contributed by atoms with Crippen LogP contribution in [0.25, 0.3) is 0 Å². The zero-order chi connectivity index (χ0) is 18.1. The molecule has 134 valence electrons. The van der Waals surface area contributed by atoms with Crippen molar-refractivity contribution in [3.05, 3.63) is 53.9 Å². The van der Waals surface area contributed by atoms with Gasteiger partial charge in [0.1, 0.15) is 0 Å². The molecular weight excluding hydrogens is 320 g/mol. The number of amides is 2. The van der Waals surface area contributed by atoms with E-state index in [0.717, 1.165) is 17.7 Å². The average molecular weight is 344 g/mol. The van der Waals surface area contributed by atoms with E-state index in [9.17, 15) is 9.59 Å². The lowest BCUT2D eigenvalue weighted by atomic mass is 10.0. The first-order chi connectivity index (χ1) is 12.1. The summed E-state index contributed by atoms with van der Waals surface area (Å²) in [6.45, 7) is 3.15. The number of nitrogens with zero attached hydrogens (tertiary/aromatic N) is 2. The van der Waals surface area contributed by atoms with Crippen LogP contribution in [0, 0.1) is 0 Å². The molecule has 7 nitrogen and oxygen atoms in total. The van der Waals surface area contributed by atoms with Crippen molar-refractivity contribution in [2.45, 2.75) is 45.3 Å². The third-order valence-electron chi connectivity index (χ3n) is 3.83. The van der Waals surface area contributed by atoms with Gasteiger partial charge in [0, 0.05) is 37.3 Å². The highest BCUT2D eigenvalue weighted by molar-refractivity contribution is 5.74. The van der Waals surface area contributed by atoms with Gasteiger partial charge in [-0.1, -0.05) is 30.3 Å². The van der Waals surface area contributed by atoms with E-state index in [0.29, 0.717) is 19.4 Å². The average Bonchev–Trinajstić information content (AvgIpc) is 3.07. The Hall–Kier alpha value is -2.83. The maximum atomic E-state index is 12.1. The summed E-state index contributed by atoms with van der Waals surface area (Å²) in [5.74, 6) is -0.868. The third kappa shape index (κ3) is 6.66. The fourth-order valence-corrected chi connectivity index (χ4v) is 2.51. The van der Waals surface area contributed by atoms with Crippen LogP contribution in [0.4, 0.5) is 4.79 Å². The Morgan fingerprint density at radius 2 is 2.00 bits per heavy atom. The minimum atomic E-state index is -0.868. The number of rotatable bonds is 9. The molecule has 1 heterocycles. The maximum absolute atomic E-state index is 12.1. The van der Waals surface area contributed by atoms with Crippen LogP contribution in [0.3, 0.4) is 0 Å². The van der Waals surface area contributed by atoms with Crippen LogP contribution in [-0.2, 0) is 24.3 Å². The molecule has 7 heteroatoms. The number of carboxylic acids is 1. The summed E-state index contributed by atoms with van der Waals surface area (Å²) in [7, 11) is 0. The molecule has 1 atom stereocenters. The number of hydrogen-bond acceptors (Lipinski definition) is 3. The molecule has 0 saturated heterocycles. The van der Waals surface area contributed by atoms with E-state index in [-0.39, 0.29) is 18.5 Å². The van der Waals surface area contributed by atoms with Crippen molar-refractivity contribution in [3.8, 4) is 0 Å². The topological polar surface area (TPSA) is 96.2 Å². The monoisotopic (exact) mass is 344 g/mol. The summed E-state index contributed by atoms with van der Waals surface area (Å²) < 4.78 is 1.79. The van der Waals surface area contributed by atoms with E-state index >= 15 is 0 Å². The number of benzene rings is 1. The number of aromatic nitrogens is 2. The molecule has 1 unspecified atom stereocenters. The summed E-state index contributed by atoms with van der Waals surface area (Å²) in [6, 6.07) is 9.16. The van der Waals surface area contributed by atoms with Crippen molar-refractivity contribution in [1.82, 2.24) is 20.4 Å². The van der Waals surface area contributed by atoms with Crippen LogP contribution in [0.15, 0.2) is 42.7 Å². The quantitative estimate of drug-likeness (QED) is 0.649. The van der Waals surface area contributed by atoms with Crippen molar-refractivity contribution in [3.63, 3.8) is 0 Å². The number of carbonyl (C=O) groups is 2. The summed E-state index contributed by atoms with van der Waals surface area (Å²) >= 11 is 0. The zero-order valence-electron chi connectivity index (χ0n) is 14.3. The first kappa shape index (κ1) is 18.5. The molecule has 1 aromatic carbocycles. The molecule has 0 aliphatic heterocycles. The van der Waals surface area contributed by atoms with Gasteiger partial charge in [0.15, 0.2) is 0 Å². The van der Waals surface area contributed by atoms with E-state index in [1.165, 1.54) is 0 Å². The highest BCUT2D eigenvalue weighted by Crippen LogP contribution is 2.08. The van der Waals surface area contributed by atoms with Gasteiger partial charge in [0.25, 0.3) is 0 Å². The van der Waals surface area contributed by atoms with Gasteiger partial charge in [-0.15, -0.1) is 0 Å². The minimum Gasteiger partial charge on any atom is -0.481 e. The lowest BCUT2D eigenvalue weighted by Gasteiger charge is -2.18. The molecule has 0 saturated carbocycles. The van der Waals surface area contributed by atoms with Gasteiger partial charge in [-0.05, 0) is 25.3 Å². The van der Waals surface area contributed by atoms with Crippen LogP contribution in [0.1, 0.15) is 30.9 Å². The molecule has 0 aliphatic carbocycles. The second-order valence-corrected chi connectivity index (χ2v) is 5.85. The fourth-order valence-electron chi connectivity index (χ4n) is 2.51. The minimum absolute atomic E-state index is 0.0149. The van der Waals surface area contributed by atoms with Crippen molar-refractivity contribution >= 4 is 12.0 Å². The molecule has 0 fully saturated rings. The normalized spacial score (nSPS) is 11.7. The van der Waals surface area contributed by atoms with E-state index in [1.54, 1.807) is 10.9 Å². The Balaban J connectivity index is 1.87. The van der Waals surface area contributed by atoms with Crippen molar-refractivity contribution in [2.75, 3.05) is 0 Å². The standard InChI is InChI=1S/C18H24N4O3/c1-2-22-13-15(12-20-22)11-19-18(25)21-16(8-9-17(23)24)10-14-6-4-3-5-7-14/h3-7,12-13,16H,2,8-11H2,1H3,(H,23,24)(H2,19,21,25). The smallest absolute Gasteiger partial charge is 0.315 e. The van der Waals surface area contributed by atoms with Crippen LogP contribution in [0.5, 0.6) is 0 Å². The van der Waals surface area contributed by atoms with Crippen LogP contribution < -0.4 is 10.6 Å². The first-order valence-electron chi connectivity index (χ1n) is 8.38. The van der Waals surface area contributed by atoms with E-state index in [4.69, 9.17) is 5.11 Å². The predicted molar refractivity (Wildman–Crippen MR) is 94.1 cm³/mol. The number of nitrogens with one attached hydrogen (secondary N) is 2. The van der Waals surface area contributed by atoms with Crippen molar-refractivity contribution in [1.29, 1.82) is 0 Å². The van der Waals surface area contributed by atoms with Gasteiger partial charge < -0.3 is 15.7 Å². The molecule has 0 bridgehead atoms. The molecule has 2 aromatic rings.